The first-order chi connectivity index (χ1) is 21.9. The number of nitrogens with zero attached hydrogens (tertiary/aromatic N) is 3. The molecular weight excluding hydrogens is 728 g/mol. The number of benzene rings is 1. The van der Waals surface area contributed by atoms with Crippen molar-refractivity contribution in [1.82, 2.24) is 9.99 Å². The highest BCUT2D eigenvalue weighted by Gasteiger charge is 2.58. The maximum Gasteiger partial charge on any atom is 0.573 e. The molecule has 9 nitrogen and oxygen atoms in total. The molecule has 1 aromatic carbocycles. The Morgan fingerprint density at radius 2 is 1.74 bits per heavy atom. The zero-order valence-electron chi connectivity index (χ0n) is 23.6. The topological polar surface area (TPSA) is 117 Å². The molecule has 4 atom stereocenters. The van der Waals surface area contributed by atoms with E-state index in [2.05, 4.69) is 25.7 Å². The fraction of sp³-hybridized carbons (Fsp3) is 0.300. The van der Waals surface area contributed by atoms with Crippen molar-refractivity contribution in [2.24, 2.45) is 17.8 Å². The third kappa shape index (κ3) is 5.50. The van der Waals surface area contributed by atoms with Crippen LogP contribution in [-0.2, 0) is 25.4 Å². The number of hydrogen-bond acceptors (Lipinski definition) is 8. The monoisotopic (exact) mass is 745 g/mol. The summed E-state index contributed by atoms with van der Waals surface area (Å²) < 4.78 is 83.5. The van der Waals surface area contributed by atoms with Gasteiger partial charge in [-0.2, -0.15) is 18.2 Å². The zero-order valence-corrected chi connectivity index (χ0v) is 26.0. The molecule has 0 saturated carbocycles. The minimum absolute atomic E-state index is 0.0756. The van der Waals surface area contributed by atoms with E-state index in [9.17, 15) is 50.6 Å². The van der Waals surface area contributed by atoms with E-state index in [-0.39, 0.29) is 44.6 Å². The molecule has 4 aliphatic rings. The molecule has 0 unspecified atom stereocenters. The van der Waals surface area contributed by atoms with Crippen LogP contribution in [0.25, 0.3) is 0 Å². The number of halogens is 8. The molecule has 3 aliphatic carbocycles. The predicted octanol–water partition coefficient (Wildman–Crippen LogP) is 6.17. The van der Waals surface area contributed by atoms with Crippen LogP contribution in [0.3, 0.4) is 0 Å². The van der Waals surface area contributed by atoms with Gasteiger partial charge < -0.3 is 9.84 Å². The molecule has 6 rings (SSSR count). The number of carbonyl (C=O) groups is 4. The van der Waals surface area contributed by atoms with E-state index in [0.717, 1.165) is 42.4 Å². The number of aromatic nitrogens is 1. The van der Waals surface area contributed by atoms with Gasteiger partial charge in [0.2, 0.25) is 0 Å². The highest BCUT2D eigenvalue weighted by atomic mass is 79.9. The molecule has 246 valence electrons. The quantitative estimate of drug-likeness (QED) is 0.171. The van der Waals surface area contributed by atoms with Gasteiger partial charge in [-0.15, -0.1) is 13.2 Å². The Hall–Kier alpha value is -4.18. The SMILES string of the molecule is CN(c1nc(C(F)(F)F)ccc1Cl)N1C(=O)[C@H]2[C@H](CC=C3[C@H](c4cc(OC(F)(F)F)ccc4O)C4=C(C[C@H]32)C(=O)C(Br)=CC4=O)C1=O. The van der Waals surface area contributed by atoms with Gasteiger partial charge in [0.1, 0.15) is 17.2 Å². The maximum absolute atomic E-state index is 14.1. The number of anilines is 1. The van der Waals surface area contributed by atoms with Crippen molar-refractivity contribution >= 4 is 56.7 Å². The highest BCUT2D eigenvalue weighted by Crippen LogP contribution is 2.57. The van der Waals surface area contributed by atoms with Gasteiger partial charge in [0.15, 0.2) is 17.4 Å². The molecule has 2 heterocycles. The van der Waals surface area contributed by atoms with Gasteiger partial charge in [0.05, 0.1) is 21.3 Å². The lowest BCUT2D eigenvalue weighted by Crippen LogP contribution is -2.46. The van der Waals surface area contributed by atoms with E-state index in [1.165, 1.54) is 6.08 Å². The fourth-order valence-corrected chi connectivity index (χ4v) is 7.39. The Labute approximate surface area is 274 Å². The molecule has 17 heteroatoms. The number of aromatic hydroxyl groups is 1. The van der Waals surface area contributed by atoms with E-state index in [0.29, 0.717) is 11.1 Å². The third-order valence-corrected chi connectivity index (χ3v) is 9.46. The van der Waals surface area contributed by atoms with E-state index in [1.54, 1.807) is 0 Å². The van der Waals surface area contributed by atoms with Gasteiger partial charge in [-0.25, -0.2) is 4.98 Å². The smallest absolute Gasteiger partial charge is 0.508 e. The van der Waals surface area contributed by atoms with Crippen LogP contribution in [0.5, 0.6) is 11.5 Å². The van der Waals surface area contributed by atoms with Gasteiger partial charge in [-0.1, -0.05) is 23.3 Å². The van der Waals surface area contributed by atoms with Crippen LogP contribution < -0.4 is 9.75 Å². The van der Waals surface area contributed by atoms with Gasteiger partial charge in [-0.3, -0.25) is 24.2 Å². The Bertz CT molecular complexity index is 1870. The predicted molar refractivity (Wildman–Crippen MR) is 154 cm³/mol. The van der Waals surface area contributed by atoms with Crippen LogP contribution >= 0.6 is 27.5 Å². The number of alkyl halides is 6. The second kappa shape index (κ2) is 11.2. The number of rotatable bonds is 4. The lowest BCUT2D eigenvalue weighted by molar-refractivity contribution is -0.274. The molecule has 47 heavy (non-hydrogen) atoms. The van der Waals surface area contributed by atoms with Crippen LogP contribution in [0, 0.1) is 17.8 Å². The molecule has 1 fully saturated rings. The number of ketones is 2. The lowest BCUT2D eigenvalue weighted by atomic mass is 9.59. The minimum Gasteiger partial charge on any atom is -0.508 e. The van der Waals surface area contributed by atoms with Gasteiger partial charge in [-0.05, 0) is 65.0 Å². The van der Waals surface area contributed by atoms with Gasteiger partial charge >= 0.3 is 12.5 Å². The normalized spacial score (nSPS) is 24.5. The largest absolute Gasteiger partial charge is 0.573 e. The Morgan fingerprint density at radius 3 is 2.40 bits per heavy atom. The van der Waals surface area contributed by atoms with Crippen LogP contribution in [0.4, 0.5) is 32.2 Å². The molecule has 1 saturated heterocycles. The molecule has 0 spiro atoms. The number of phenolic OH excluding ortho intramolecular Hbond substituents is 1. The van der Waals surface area contributed by atoms with Crippen molar-refractivity contribution in [3.8, 4) is 11.5 Å². The van der Waals surface area contributed by atoms with Gasteiger partial charge in [0, 0.05) is 35.8 Å². The highest BCUT2D eigenvalue weighted by molar-refractivity contribution is 9.12. The molecule has 0 radical (unpaired) electrons. The first-order valence-corrected chi connectivity index (χ1v) is 14.9. The summed E-state index contributed by atoms with van der Waals surface area (Å²) in [6, 6.07) is 4.22. The Balaban J connectivity index is 1.45. The summed E-state index contributed by atoms with van der Waals surface area (Å²) in [6.45, 7) is 0. The molecule has 2 amide bonds. The number of ether oxygens (including phenoxy) is 1. The summed E-state index contributed by atoms with van der Waals surface area (Å²) in [4.78, 5) is 58.0. The second-order valence-electron chi connectivity index (χ2n) is 11.2. The zero-order chi connectivity index (χ0) is 34.3. The number of imide groups is 1. The minimum atomic E-state index is -5.10. The Morgan fingerprint density at radius 1 is 1.04 bits per heavy atom. The molecule has 0 bridgehead atoms. The first-order valence-electron chi connectivity index (χ1n) is 13.7. The number of hydrogen-bond donors (Lipinski definition) is 1. The number of pyridine rings is 1. The molecule has 1 N–H and O–H groups in total. The number of allylic oxidation sites excluding steroid dienone is 6. The number of fused-ring (bicyclic) bond motifs is 3. The Kier molecular flexibility index (Phi) is 7.82. The van der Waals surface area contributed by atoms with Crippen molar-refractivity contribution in [1.29, 1.82) is 0 Å². The standard InChI is InChI=1S/C30H19BrClF6N3O6/c1-40(26-18(32)5-7-21(39-26)29(33,34)35)41-27(45)13-4-3-12-14(23(13)28(41)46)9-16-24(20(43)10-17(31)25(16)44)22(12)15-8-11(2-6-19(15)42)47-30(36,37)38/h2-3,5-8,10,13-14,22-23,42H,4,9H2,1H3/t13-,14+,22+,23-/m0/s1. The van der Waals surface area contributed by atoms with Crippen molar-refractivity contribution < 1.29 is 55.4 Å². The van der Waals surface area contributed by atoms with Crippen molar-refractivity contribution in [2.45, 2.75) is 31.3 Å². The van der Waals surface area contributed by atoms with E-state index in [4.69, 9.17) is 11.6 Å². The van der Waals surface area contributed by atoms with Crippen molar-refractivity contribution in [2.75, 3.05) is 12.1 Å². The summed E-state index contributed by atoms with van der Waals surface area (Å²) in [5.74, 6) is -9.33. The summed E-state index contributed by atoms with van der Waals surface area (Å²) in [5.41, 5.74) is -1.45. The first kappa shape index (κ1) is 32.7. The lowest BCUT2D eigenvalue weighted by Gasteiger charge is -2.42. The average molecular weight is 747 g/mol. The van der Waals surface area contributed by atoms with E-state index < -0.39 is 82.6 Å². The van der Waals surface area contributed by atoms with E-state index >= 15 is 0 Å². The maximum atomic E-state index is 14.1. The van der Waals surface area contributed by atoms with E-state index in [1.807, 2.05) is 0 Å². The molecular formula is C30H19BrClF6N3O6. The summed E-state index contributed by atoms with van der Waals surface area (Å²) >= 11 is 9.18. The van der Waals surface area contributed by atoms with Crippen LogP contribution in [0.1, 0.15) is 30.0 Å². The van der Waals surface area contributed by atoms with Crippen molar-refractivity contribution in [3.63, 3.8) is 0 Å². The van der Waals surface area contributed by atoms with Crippen LogP contribution in [0.15, 0.2) is 63.7 Å². The molecule has 1 aliphatic heterocycles. The third-order valence-electron chi connectivity index (χ3n) is 8.58. The van der Waals surface area contributed by atoms with Crippen LogP contribution in [0.2, 0.25) is 5.02 Å². The van der Waals surface area contributed by atoms with Crippen molar-refractivity contribution in [3.05, 3.63) is 80.0 Å². The van der Waals surface area contributed by atoms with Gasteiger partial charge in [0.25, 0.3) is 11.8 Å². The number of carbonyl (C=O) groups excluding carboxylic acids is 4. The fourth-order valence-electron chi connectivity index (χ4n) is 6.71. The summed E-state index contributed by atoms with van der Waals surface area (Å²) in [7, 11) is 1.13. The number of Topliss-reactive ketones (excluding diaryl/α,β-unsaturated/α-hetero) is 1. The number of amides is 2. The summed E-state index contributed by atoms with van der Waals surface area (Å²) in [6.07, 6.45) is -7.78. The number of hydrazine groups is 1. The second-order valence-corrected chi connectivity index (χ2v) is 12.4. The number of phenols is 1. The molecule has 2 aromatic rings. The summed E-state index contributed by atoms with van der Waals surface area (Å²) in [5, 5.41) is 12.0. The molecule has 1 aromatic heterocycles. The average Bonchev–Trinajstić information content (AvgIpc) is 3.24. The van der Waals surface area contributed by atoms with Crippen LogP contribution in [-0.4, -0.2) is 51.9 Å².